The zero-order valence-electron chi connectivity index (χ0n) is 9.75. The van der Waals surface area contributed by atoms with Crippen molar-refractivity contribution in [1.29, 1.82) is 0 Å². The Bertz CT molecular complexity index is 656. The van der Waals surface area contributed by atoms with Crippen molar-refractivity contribution in [2.45, 2.75) is 0 Å². The minimum Gasteiger partial charge on any atom is -1.00 e. The van der Waals surface area contributed by atoms with Crippen LogP contribution < -0.4 is 28.5 Å². The van der Waals surface area contributed by atoms with Gasteiger partial charge in [0.15, 0.2) is 11.0 Å². The minimum absolute atomic E-state index is 0. The Morgan fingerprint density at radius 1 is 0.889 bits per heavy atom. The van der Waals surface area contributed by atoms with Crippen molar-refractivity contribution in [1.82, 2.24) is 4.98 Å². The average molecular weight is 348 g/mol. The molecule has 0 aliphatic carbocycles. The second-order valence-corrected chi connectivity index (χ2v) is 3.92. The van der Waals surface area contributed by atoms with E-state index in [2.05, 4.69) is 46.1 Å². The van der Waals surface area contributed by atoms with Gasteiger partial charge in [-0.15, -0.1) is 0 Å². The number of H-pyrrole nitrogens is 1. The maximum absolute atomic E-state index is 3.24. The SMILES string of the molecule is C(=C[n+]1c[nH]c2ccccc21)c1ccccc1.[I-]. The van der Waals surface area contributed by atoms with Crippen molar-refractivity contribution in [3.05, 3.63) is 66.5 Å². The minimum atomic E-state index is 0. The Hall–Kier alpha value is -1.62. The first-order valence-electron chi connectivity index (χ1n) is 5.64. The van der Waals surface area contributed by atoms with Crippen molar-refractivity contribution in [2.75, 3.05) is 0 Å². The van der Waals surface area contributed by atoms with E-state index in [0.29, 0.717) is 0 Å². The summed E-state index contributed by atoms with van der Waals surface area (Å²) in [6, 6.07) is 18.5. The molecule has 0 radical (unpaired) electrons. The van der Waals surface area contributed by atoms with Crippen molar-refractivity contribution in [2.24, 2.45) is 0 Å². The summed E-state index contributed by atoms with van der Waals surface area (Å²) in [4.78, 5) is 3.24. The summed E-state index contributed by atoms with van der Waals surface area (Å²) in [5, 5.41) is 0. The molecule has 0 atom stereocenters. The van der Waals surface area contributed by atoms with Crippen LogP contribution in [0.3, 0.4) is 0 Å². The van der Waals surface area contributed by atoms with E-state index in [0.717, 1.165) is 5.52 Å². The second-order valence-electron chi connectivity index (χ2n) is 3.92. The predicted octanol–water partition coefficient (Wildman–Crippen LogP) is 0.0873. The largest absolute Gasteiger partial charge is 1.00 e. The fraction of sp³-hybridized carbons (Fsp3) is 0. The number of fused-ring (bicyclic) bond motifs is 1. The standard InChI is InChI=1S/C15H12N2.HI/c1-2-6-13(7-3-1)10-11-17-12-16-14-8-4-5-9-15(14)17;/h1-12H;1H. The van der Waals surface area contributed by atoms with E-state index in [9.17, 15) is 0 Å². The van der Waals surface area contributed by atoms with Gasteiger partial charge in [0.25, 0.3) is 0 Å². The van der Waals surface area contributed by atoms with E-state index in [1.165, 1.54) is 11.1 Å². The Morgan fingerprint density at radius 3 is 2.44 bits per heavy atom. The number of benzene rings is 2. The number of imidazole rings is 1. The molecule has 0 aliphatic rings. The quantitative estimate of drug-likeness (QED) is 0.500. The molecule has 1 N–H and O–H groups in total. The molecule has 0 unspecified atom stereocenters. The molecule has 0 spiro atoms. The van der Waals surface area contributed by atoms with E-state index >= 15 is 0 Å². The highest BCUT2D eigenvalue weighted by atomic mass is 127. The summed E-state index contributed by atoms with van der Waals surface area (Å²) in [6.45, 7) is 0. The molecule has 90 valence electrons. The van der Waals surface area contributed by atoms with Crippen molar-refractivity contribution >= 4 is 23.3 Å². The van der Waals surface area contributed by atoms with Gasteiger partial charge in [-0.3, -0.25) is 0 Å². The lowest BCUT2D eigenvalue weighted by molar-refractivity contribution is -0.537. The van der Waals surface area contributed by atoms with Crippen LogP contribution in [-0.4, -0.2) is 4.98 Å². The van der Waals surface area contributed by atoms with E-state index in [1.807, 2.05) is 36.7 Å². The molecule has 1 heterocycles. The molecule has 0 amide bonds. The number of aromatic nitrogens is 2. The smallest absolute Gasteiger partial charge is 0.247 e. The summed E-state index contributed by atoms with van der Waals surface area (Å²) >= 11 is 0. The Kier molecular flexibility index (Phi) is 4.15. The summed E-state index contributed by atoms with van der Waals surface area (Å²) in [5.74, 6) is 0. The van der Waals surface area contributed by atoms with Crippen LogP contribution in [0.5, 0.6) is 0 Å². The molecule has 0 fully saturated rings. The van der Waals surface area contributed by atoms with E-state index in [-0.39, 0.29) is 24.0 Å². The van der Waals surface area contributed by atoms with Crippen LogP contribution in [0.15, 0.2) is 60.9 Å². The van der Waals surface area contributed by atoms with Gasteiger partial charge in [0.05, 0.1) is 6.20 Å². The van der Waals surface area contributed by atoms with Crippen molar-refractivity contribution in [3.8, 4) is 0 Å². The highest BCUT2D eigenvalue weighted by molar-refractivity contribution is 5.72. The highest BCUT2D eigenvalue weighted by Gasteiger charge is 2.04. The maximum Gasteiger partial charge on any atom is 0.247 e. The first-order valence-corrected chi connectivity index (χ1v) is 5.64. The van der Waals surface area contributed by atoms with Crippen LogP contribution in [0.25, 0.3) is 23.3 Å². The number of halogens is 1. The molecule has 0 bridgehead atoms. The van der Waals surface area contributed by atoms with Gasteiger partial charge in [-0.05, 0) is 23.8 Å². The monoisotopic (exact) mass is 348 g/mol. The van der Waals surface area contributed by atoms with Gasteiger partial charge in [0.1, 0.15) is 0 Å². The normalized spacial score (nSPS) is 10.7. The summed E-state index contributed by atoms with van der Waals surface area (Å²) in [6.07, 6.45) is 6.12. The Morgan fingerprint density at radius 2 is 1.61 bits per heavy atom. The number of rotatable bonds is 2. The first-order chi connectivity index (χ1) is 8.43. The third-order valence-corrected chi connectivity index (χ3v) is 2.77. The summed E-state index contributed by atoms with van der Waals surface area (Å²) in [7, 11) is 0. The molecule has 1 aromatic heterocycles. The Balaban J connectivity index is 0.00000120. The van der Waals surface area contributed by atoms with Crippen LogP contribution in [-0.2, 0) is 0 Å². The number of aromatic amines is 1. The molecule has 0 saturated heterocycles. The van der Waals surface area contributed by atoms with E-state index in [1.54, 1.807) is 0 Å². The second kappa shape index (κ2) is 5.82. The topological polar surface area (TPSA) is 19.7 Å². The molecule has 3 rings (SSSR count). The molecule has 2 nitrogen and oxygen atoms in total. The third-order valence-electron chi connectivity index (χ3n) is 2.77. The number of nitrogens with zero attached hydrogens (tertiary/aromatic N) is 1. The molecule has 0 aliphatic heterocycles. The fourth-order valence-electron chi connectivity index (χ4n) is 1.88. The van der Waals surface area contributed by atoms with Gasteiger partial charge in [-0.1, -0.05) is 42.5 Å². The van der Waals surface area contributed by atoms with Gasteiger partial charge < -0.3 is 24.0 Å². The summed E-state index contributed by atoms with van der Waals surface area (Å²) in [5.41, 5.74) is 3.52. The lowest BCUT2D eigenvalue weighted by Crippen LogP contribution is -3.00. The summed E-state index contributed by atoms with van der Waals surface area (Å²) < 4.78 is 2.09. The van der Waals surface area contributed by atoms with Crippen LogP contribution in [0, 0.1) is 0 Å². The number of nitrogens with one attached hydrogen (secondary N) is 1. The lowest BCUT2D eigenvalue weighted by Gasteiger charge is -1.90. The predicted molar refractivity (Wildman–Crippen MR) is 70.2 cm³/mol. The molecule has 3 heteroatoms. The van der Waals surface area contributed by atoms with Crippen molar-refractivity contribution < 1.29 is 28.5 Å². The zero-order valence-corrected chi connectivity index (χ0v) is 11.9. The van der Waals surface area contributed by atoms with Gasteiger partial charge in [0, 0.05) is 0 Å². The zero-order chi connectivity index (χ0) is 11.5. The molecular weight excluding hydrogens is 335 g/mol. The van der Waals surface area contributed by atoms with E-state index in [4.69, 9.17) is 0 Å². The molecular formula is C15H13IN2. The number of para-hydroxylation sites is 2. The average Bonchev–Trinajstić information content (AvgIpc) is 2.81. The molecule has 18 heavy (non-hydrogen) atoms. The van der Waals surface area contributed by atoms with Crippen LogP contribution >= 0.6 is 0 Å². The van der Waals surface area contributed by atoms with Crippen LogP contribution in [0.2, 0.25) is 0 Å². The van der Waals surface area contributed by atoms with Gasteiger partial charge in [-0.25, -0.2) is 9.55 Å². The van der Waals surface area contributed by atoms with E-state index < -0.39 is 0 Å². The lowest BCUT2D eigenvalue weighted by atomic mass is 10.2. The van der Waals surface area contributed by atoms with Crippen molar-refractivity contribution in [3.63, 3.8) is 0 Å². The molecule has 3 aromatic rings. The first kappa shape index (κ1) is 12.8. The third kappa shape index (κ3) is 2.61. The number of hydrogen-bond donors (Lipinski definition) is 1. The van der Waals surface area contributed by atoms with Crippen LogP contribution in [0.1, 0.15) is 5.56 Å². The van der Waals surface area contributed by atoms with Gasteiger partial charge in [-0.2, -0.15) is 0 Å². The highest BCUT2D eigenvalue weighted by Crippen LogP contribution is 2.06. The van der Waals surface area contributed by atoms with Gasteiger partial charge in [0.2, 0.25) is 6.33 Å². The Labute approximate surface area is 123 Å². The molecule has 2 aromatic carbocycles. The molecule has 0 saturated carbocycles. The van der Waals surface area contributed by atoms with Crippen LogP contribution in [0.4, 0.5) is 0 Å². The van der Waals surface area contributed by atoms with Gasteiger partial charge >= 0.3 is 0 Å². The number of hydrogen-bond acceptors (Lipinski definition) is 0. The maximum atomic E-state index is 3.24. The fourth-order valence-corrected chi connectivity index (χ4v) is 1.88.